The van der Waals surface area contributed by atoms with Crippen molar-refractivity contribution in [3.05, 3.63) is 0 Å². The maximum absolute atomic E-state index is 5.82. The number of rotatable bonds is 3. The zero-order valence-corrected chi connectivity index (χ0v) is 9.69. The average molecular weight is 230 g/mol. The third-order valence-electron chi connectivity index (χ3n) is 2.92. The molecule has 1 aromatic heterocycles. The Balaban J connectivity index is 2.14. The molecular weight excluding hydrogens is 214 g/mol. The molecule has 0 bridgehead atoms. The molecule has 0 spiro atoms. The smallest absolute Gasteiger partial charge is 0.245 e. The topological polar surface area (TPSA) is 46.8 Å². The first-order valence-corrected chi connectivity index (χ1v) is 5.91. The van der Waals surface area contributed by atoms with Gasteiger partial charge in [-0.25, -0.2) is 4.68 Å². The van der Waals surface area contributed by atoms with E-state index in [-0.39, 0.29) is 0 Å². The molecule has 2 heterocycles. The Morgan fingerprint density at radius 1 is 1.47 bits per heavy atom. The van der Waals surface area contributed by atoms with Crippen LogP contribution in [-0.2, 0) is 7.05 Å². The molecule has 0 aromatic carbocycles. The molecule has 84 valence electrons. The van der Waals surface area contributed by atoms with E-state index in [1.165, 1.54) is 19.3 Å². The first kappa shape index (κ1) is 10.7. The van der Waals surface area contributed by atoms with E-state index in [0.717, 1.165) is 18.9 Å². The summed E-state index contributed by atoms with van der Waals surface area (Å²) in [6.07, 6.45) is 4.70. The summed E-state index contributed by atoms with van der Waals surface area (Å²) >= 11 is 5.82. The van der Waals surface area contributed by atoms with E-state index in [1.807, 2.05) is 7.05 Å². The molecule has 15 heavy (non-hydrogen) atoms. The van der Waals surface area contributed by atoms with E-state index >= 15 is 0 Å². The summed E-state index contributed by atoms with van der Waals surface area (Å²) in [5.41, 5.74) is 0. The number of tetrazole rings is 1. The number of alkyl halides is 1. The van der Waals surface area contributed by atoms with Gasteiger partial charge in [-0.15, -0.1) is 11.6 Å². The van der Waals surface area contributed by atoms with Crippen molar-refractivity contribution in [2.45, 2.75) is 31.7 Å². The van der Waals surface area contributed by atoms with Crippen LogP contribution in [0.1, 0.15) is 25.7 Å². The van der Waals surface area contributed by atoms with Crippen LogP contribution in [0.3, 0.4) is 0 Å². The van der Waals surface area contributed by atoms with Gasteiger partial charge in [0.1, 0.15) is 0 Å². The second-order valence-electron chi connectivity index (χ2n) is 3.92. The van der Waals surface area contributed by atoms with Crippen LogP contribution >= 0.6 is 11.6 Å². The van der Waals surface area contributed by atoms with Crippen molar-refractivity contribution in [1.82, 2.24) is 20.2 Å². The molecule has 1 fully saturated rings. The summed E-state index contributed by atoms with van der Waals surface area (Å²) in [5, 5.41) is 11.6. The van der Waals surface area contributed by atoms with Crippen molar-refractivity contribution in [3.63, 3.8) is 0 Å². The summed E-state index contributed by atoms with van der Waals surface area (Å²) in [7, 11) is 1.88. The SMILES string of the molecule is Cn1nnnc1N1CCCCC1CCCl. The molecule has 0 amide bonds. The van der Waals surface area contributed by atoms with Crippen molar-refractivity contribution in [1.29, 1.82) is 0 Å². The Bertz CT molecular complexity index is 311. The zero-order chi connectivity index (χ0) is 10.7. The summed E-state index contributed by atoms with van der Waals surface area (Å²) in [5.74, 6) is 1.57. The van der Waals surface area contributed by atoms with E-state index in [4.69, 9.17) is 11.6 Å². The van der Waals surface area contributed by atoms with Crippen molar-refractivity contribution in [2.24, 2.45) is 7.05 Å². The first-order valence-electron chi connectivity index (χ1n) is 5.38. The van der Waals surface area contributed by atoms with Crippen molar-refractivity contribution in [3.8, 4) is 0 Å². The Labute approximate surface area is 94.4 Å². The lowest BCUT2D eigenvalue weighted by atomic mass is 10.0. The van der Waals surface area contributed by atoms with Crippen LogP contribution in [0.2, 0.25) is 0 Å². The Hall–Kier alpha value is -0.840. The number of piperidine rings is 1. The zero-order valence-electron chi connectivity index (χ0n) is 8.93. The minimum Gasteiger partial charge on any atom is -0.337 e. The Morgan fingerprint density at radius 3 is 3.00 bits per heavy atom. The number of aryl methyl sites for hydroxylation is 1. The molecule has 0 aliphatic carbocycles. The quantitative estimate of drug-likeness (QED) is 0.731. The summed E-state index contributed by atoms with van der Waals surface area (Å²) in [4.78, 5) is 2.28. The van der Waals surface area contributed by atoms with Crippen LogP contribution < -0.4 is 4.90 Å². The predicted molar refractivity (Wildman–Crippen MR) is 59.1 cm³/mol. The van der Waals surface area contributed by atoms with Crippen molar-refractivity contribution in [2.75, 3.05) is 17.3 Å². The normalized spacial score (nSPS) is 22.0. The molecule has 0 radical (unpaired) electrons. The lowest BCUT2D eigenvalue weighted by molar-refractivity contribution is 0.439. The van der Waals surface area contributed by atoms with Crippen LogP contribution in [0, 0.1) is 0 Å². The van der Waals surface area contributed by atoms with Gasteiger partial charge >= 0.3 is 0 Å². The standard InChI is InChI=1S/C9H16ClN5/c1-14-9(11-12-13-14)15-7-3-2-4-8(15)5-6-10/h8H,2-7H2,1H3. The Kier molecular flexibility index (Phi) is 3.41. The summed E-state index contributed by atoms with van der Waals surface area (Å²) in [6, 6.07) is 0.501. The molecular formula is C9H16ClN5. The fraction of sp³-hybridized carbons (Fsp3) is 0.889. The molecule has 1 aliphatic rings. The van der Waals surface area contributed by atoms with Crippen LogP contribution in [0.4, 0.5) is 5.95 Å². The molecule has 1 unspecified atom stereocenters. The van der Waals surface area contributed by atoms with E-state index < -0.39 is 0 Å². The minimum atomic E-state index is 0.501. The molecule has 2 rings (SSSR count). The molecule has 1 atom stereocenters. The highest BCUT2D eigenvalue weighted by molar-refractivity contribution is 6.17. The fourth-order valence-electron chi connectivity index (χ4n) is 2.16. The van der Waals surface area contributed by atoms with Gasteiger partial charge in [-0.3, -0.25) is 0 Å². The predicted octanol–water partition coefficient (Wildman–Crippen LogP) is 1.20. The second-order valence-corrected chi connectivity index (χ2v) is 4.30. The average Bonchev–Trinajstić information content (AvgIpc) is 2.66. The van der Waals surface area contributed by atoms with Crippen molar-refractivity contribution < 1.29 is 0 Å². The van der Waals surface area contributed by atoms with Gasteiger partial charge in [0, 0.05) is 25.5 Å². The molecule has 1 aliphatic heterocycles. The van der Waals surface area contributed by atoms with Gasteiger partial charge in [-0.1, -0.05) is 5.10 Å². The van der Waals surface area contributed by atoms with Crippen LogP contribution in [0.5, 0.6) is 0 Å². The third-order valence-corrected chi connectivity index (χ3v) is 3.14. The molecule has 0 saturated carbocycles. The maximum atomic E-state index is 5.82. The molecule has 0 N–H and O–H groups in total. The largest absolute Gasteiger partial charge is 0.337 e. The molecule has 1 aromatic rings. The van der Waals surface area contributed by atoms with Gasteiger partial charge in [0.15, 0.2) is 0 Å². The van der Waals surface area contributed by atoms with E-state index in [2.05, 4.69) is 20.4 Å². The number of aromatic nitrogens is 4. The monoisotopic (exact) mass is 229 g/mol. The van der Waals surface area contributed by atoms with Gasteiger partial charge < -0.3 is 4.90 Å². The summed E-state index contributed by atoms with van der Waals surface area (Å²) in [6.45, 7) is 1.04. The van der Waals surface area contributed by atoms with Gasteiger partial charge in [-0.05, 0) is 36.1 Å². The number of hydrogen-bond donors (Lipinski definition) is 0. The lowest BCUT2D eigenvalue weighted by Crippen LogP contribution is -2.41. The molecule has 6 heteroatoms. The van der Waals surface area contributed by atoms with Gasteiger partial charge in [0.25, 0.3) is 0 Å². The van der Waals surface area contributed by atoms with Gasteiger partial charge in [0.2, 0.25) is 5.95 Å². The second kappa shape index (κ2) is 4.79. The van der Waals surface area contributed by atoms with Crippen LogP contribution in [0.15, 0.2) is 0 Å². The van der Waals surface area contributed by atoms with Crippen molar-refractivity contribution >= 4 is 17.5 Å². The third kappa shape index (κ3) is 2.22. The number of anilines is 1. The van der Waals surface area contributed by atoms with Gasteiger partial charge in [0.05, 0.1) is 0 Å². The molecule has 1 saturated heterocycles. The minimum absolute atomic E-state index is 0.501. The lowest BCUT2D eigenvalue weighted by Gasteiger charge is -2.35. The van der Waals surface area contributed by atoms with E-state index in [0.29, 0.717) is 11.9 Å². The van der Waals surface area contributed by atoms with E-state index in [9.17, 15) is 0 Å². The highest BCUT2D eigenvalue weighted by atomic mass is 35.5. The van der Waals surface area contributed by atoms with Crippen LogP contribution in [0.25, 0.3) is 0 Å². The van der Waals surface area contributed by atoms with Crippen LogP contribution in [-0.4, -0.2) is 38.7 Å². The molecule has 5 nitrogen and oxygen atoms in total. The number of hydrogen-bond acceptors (Lipinski definition) is 4. The highest BCUT2D eigenvalue weighted by Gasteiger charge is 2.25. The fourth-order valence-corrected chi connectivity index (χ4v) is 2.41. The number of nitrogens with zero attached hydrogens (tertiary/aromatic N) is 5. The Morgan fingerprint density at radius 2 is 2.33 bits per heavy atom. The maximum Gasteiger partial charge on any atom is 0.245 e. The summed E-state index contributed by atoms with van der Waals surface area (Å²) < 4.78 is 1.73. The highest BCUT2D eigenvalue weighted by Crippen LogP contribution is 2.24. The van der Waals surface area contributed by atoms with Gasteiger partial charge in [-0.2, -0.15) is 0 Å². The van der Waals surface area contributed by atoms with E-state index in [1.54, 1.807) is 4.68 Å². The first-order chi connectivity index (χ1) is 7.33. The number of halogens is 1.